The van der Waals surface area contributed by atoms with Crippen LogP contribution in [-0.4, -0.2) is 67.8 Å². The van der Waals surface area contributed by atoms with Crippen molar-refractivity contribution in [2.45, 2.75) is 18.7 Å². The molecule has 1 aliphatic rings. The van der Waals surface area contributed by atoms with Gasteiger partial charge in [-0.05, 0) is 35.0 Å². The molecule has 0 spiro atoms. The van der Waals surface area contributed by atoms with E-state index in [0.29, 0.717) is 44.8 Å². The third kappa shape index (κ3) is 4.33. The van der Waals surface area contributed by atoms with E-state index < -0.39 is 10.0 Å². The van der Waals surface area contributed by atoms with Crippen molar-refractivity contribution in [3.8, 4) is 0 Å². The highest BCUT2D eigenvalue weighted by Crippen LogP contribution is 2.21. The highest BCUT2D eigenvalue weighted by Gasteiger charge is 2.25. The molecular weight excluding hydrogens is 424 g/mol. The van der Waals surface area contributed by atoms with Crippen LogP contribution in [-0.2, 0) is 10.0 Å². The predicted octanol–water partition coefficient (Wildman–Crippen LogP) is 3.23. The second kappa shape index (κ2) is 9.26. The van der Waals surface area contributed by atoms with Crippen molar-refractivity contribution < 1.29 is 13.2 Å². The minimum Gasteiger partial charge on any atom is -0.353 e. The molecule has 168 valence electrons. The van der Waals surface area contributed by atoms with Crippen LogP contribution < -0.4 is 4.90 Å². The zero-order valence-electron chi connectivity index (χ0n) is 18.4. The van der Waals surface area contributed by atoms with Crippen LogP contribution in [0, 0.1) is 0 Å². The largest absolute Gasteiger partial charge is 0.353 e. The summed E-state index contributed by atoms with van der Waals surface area (Å²) in [5, 5.41) is 2.17. The van der Waals surface area contributed by atoms with Crippen molar-refractivity contribution >= 4 is 32.5 Å². The number of piperazine rings is 1. The number of hydrogen-bond donors (Lipinski definition) is 0. The van der Waals surface area contributed by atoms with E-state index in [4.69, 9.17) is 0 Å². The molecule has 0 aliphatic carbocycles. The van der Waals surface area contributed by atoms with Gasteiger partial charge < -0.3 is 9.80 Å². The van der Waals surface area contributed by atoms with Crippen LogP contribution in [0.3, 0.4) is 0 Å². The summed E-state index contributed by atoms with van der Waals surface area (Å²) in [4.78, 5) is 21.5. The minimum absolute atomic E-state index is 0.0315. The first-order chi connectivity index (χ1) is 15.4. The molecule has 8 heteroatoms. The Labute approximate surface area is 189 Å². The summed E-state index contributed by atoms with van der Waals surface area (Å²) < 4.78 is 26.7. The lowest BCUT2D eigenvalue weighted by molar-refractivity contribution is 0.0746. The number of carbonyl (C=O) groups is 1. The third-order valence-electron chi connectivity index (χ3n) is 5.95. The fourth-order valence-electron chi connectivity index (χ4n) is 4.07. The van der Waals surface area contributed by atoms with Crippen LogP contribution in [0.25, 0.3) is 10.8 Å². The van der Waals surface area contributed by atoms with Gasteiger partial charge in [0, 0.05) is 51.0 Å². The second-order valence-electron chi connectivity index (χ2n) is 7.78. The van der Waals surface area contributed by atoms with Crippen molar-refractivity contribution in [1.82, 2.24) is 14.2 Å². The van der Waals surface area contributed by atoms with Gasteiger partial charge in [0.25, 0.3) is 5.91 Å². The maximum absolute atomic E-state index is 13.0. The van der Waals surface area contributed by atoms with Crippen molar-refractivity contribution in [1.29, 1.82) is 0 Å². The maximum Gasteiger partial charge on any atom is 0.253 e. The van der Waals surface area contributed by atoms with Crippen LogP contribution in [0.5, 0.6) is 0 Å². The molecule has 1 amide bonds. The maximum atomic E-state index is 13.0. The Bertz CT molecular complexity index is 1200. The Kier molecular flexibility index (Phi) is 6.43. The molecule has 4 rings (SSSR count). The van der Waals surface area contributed by atoms with Crippen LogP contribution in [0.1, 0.15) is 24.2 Å². The number of anilines is 1. The van der Waals surface area contributed by atoms with Gasteiger partial charge >= 0.3 is 0 Å². The summed E-state index contributed by atoms with van der Waals surface area (Å²) >= 11 is 0. The molecule has 2 aromatic carbocycles. The number of benzene rings is 2. The number of amides is 1. The standard InChI is InChI=1S/C24H28N4O3S/c1-3-28(4-2)32(30,31)22-11-12-23(25-18-22)26-13-15-27(16-14-26)24(29)21-10-9-19-7-5-6-8-20(19)17-21/h5-12,17-18H,3-4,13-16H2,1-2H3. The molecule has 1 saturated heterocycles. The average Bonchev–Trinajstić information content (AvgIpc) is 2.84. The number of nitrogens with zero attached hydrogens (tertiary/aromatic N) is 4. The highest BCUT2D eigenvalue weighted by atomic mass is 32.2. The molecule has 0 saturated carbocycles. The number of fused-ring (bicyclic) bond motifs is 1. The number of rotatable bonds is 6. The Morgan fingerprint density at radius 1 is 0.938 bits per heavy atom. The molecule has 7 nitrogen and oxygen atoms in total. The number of hydrogen-bond acceptors (Lipinski definition) is 5. The molecule has 0 bridgehead atoms. The van der Waals surface area contributed by atoms with E-state index >= 15 is 0 Å². The molecule has 0 N–H and O–H groups in total. The van der Waals surface area contributed by atoms with Crippen molar-refractivity contribution in [3.05, 3.63) is 66.4 Å². The summed E-state index contributed by atoms with van der Waals surface area (Å²) in [7, 11) is -3.52. The fraction of sp³-hybridized carbons (Fsp3) is 0.333. The van der Waals surface area contributed by atoms with E-state index in [1.165, 1.54) is 10.5 Å². The summed E-state index contributed by atoms with van der Waals surface area (Å²) in [5.74, 6) is 0.755. The molecule has 0 radical (unpaired) electrons. The predicted molar refractivity (Wildman–Crippen MR) is 126 cm³/mol. The van der Waals surface area contributed by atoms with E-state index in [1.807, 2.05) is 61.2 Å². The topological polar surface area (TPSA) is 73.8 Å². The number of aromatic nitrogens is 1. The normalized spacial score (nSPS) is 14.8. The lowest BCUT2D eigenvalue weighted by Crippen LogP contribution is -2.49. The molecular formula is C24H28N4O3S. The molecule has 0 atom stereocenters. The van der Waals surface area contributed by atoms with Crippen LogP contribution >= 0.6 is 0 Å². The van der Waals surface area contributed by atoms with E-state index in [2.05, 4.69) is 9.88 Å². The van der Waals surface area contributed by atoms with E-state index in [-0.39, 0.29) is 10.8 Å². The molecule has 0 unspecified atom stereocenters. The smallest absolute Gasteiger partial charge is 0.253 e. The van der Waals surface area contributed by atoms with Gasteiger partial charge in [0.05, 0.1) is 0 Å². The Morgan fingerprint density at radius 2 is 1.62 bits per heavy atom. The van der Waals surface area contributed by atoms with Crippen molar-refractivity contribution in [2.24, 2.45) is 0 Å². The van der Waals surface area contributed by atoms with Gasteiger partial charge in [0.15, 0.2) is 0 Å². The number of sulfonamides is 1. The Balaban J connectivity index is 1.41. The molecule has 1 aromatic heterocycles. The lowest BCUT2D eigenvalue weighted by atomic mass is 10.1. The SMILES string of the molecule is CCN(CC)S(=O)(=O)c1ccc(N2CCN(C(=O)c3ccc4ccccc4c3)CC2)nc1. The molecule has 1 fully saturated rings. The Hall–Kier alpha value is -2.97. The van der Waals surface area contributed by atoms with Gasteiger partial charge in [-0.2, -0.15) is 4.31 Å². The van der Waals surface area contributed by atoms with Crippen LogP contribution in [0.4, 0.5) is 5.82 Å². The lowest BCUT2D eigenvalue weighted by Gasteiger charge is -2.35. The van der Waals surface area contributed by atoms with Gasteiger partial charge in [0.1, 0.15) is 10.7 Å². The van der Waals surface area contributed by atoms with Crippen LogP contribution in [0.15, 0.2) is 65.7 Å². The monoisotopic (exact) mass is 452 g/mol. The van der Waals surface area contributed by atoms with Gasteiger partial charge in [0.2, 0.25) is 10.0 Å². The average molecular weight is 453 g/mol. The van der Waals surface area contributed by atoms with Gasteiger partial charge in [-0.3, -0.25) is 4.79 Å². The first-order valence-corrected chi connectivity index (χ1v) is 12.4. The van der Waals surface area contributed by atoms with Gasteiger partial charge in [-0.15, -0.1) is 0 Å². The minimum atomic E-state index is -3.52. The fourth-order valence-corrected chi connectivity index (χ4v) is 5.47. The summed E-state index contributed by atoms with van der Waals surface area (Å²) in [6.07, 6.45) is 1.43. The van der Waals surface area contributed by atoms with E-state index in [1.54, 1.807) is 12.1 Å². The quantitative estimate of drug-likeness (QED) is 0.574. The van der Waals surface area contributed by atoms with E-state index in [9.17, 15) is 13.2 Å². The zero-order chi connectivity index (χ0) is 22.7. The first-order valence-electron chi connectivity index (χ1n) is 10.9. The molecule has 3 aromatic rings. The first kappa shape index (κ1) is 22.2. The van der Waals surface area contributed by atoms with Crippen molar-refractivity contribution in [3.63, 3.8) is 0 Å². The Morgan fingerprint density at radius 3 is 2.25 bits per heavy atom. The van der Waals surface area contributed by atoms with Gasteiger partial charge in [-0.1, -0.05) is 44.2 Å². The second-order valence-corrected chi connectivity index (χ2v) is 9.72. The number of carbonyl (C=O) groups excluding carboxylic acids is 1. The molecule has 2 heterocycles. The van der Waals surface area contributed by atoms with Crippen molar-refractivity contribution in [2.75, 3.05) is 44.2 Å². The highest BCUT2D eigenvalue weighted by molar-refractivity contribution is 7.89. The third-order valence-corrected chi connectivity index (χ3v) is 7.98. The summed E-state index contributed by atoms with van der Waals surface area (Å²) in [6.45, 7) is 6.97. The molecule has 1 aliphatic heterocycles. The van der Waals surface area contributed by atoms with Crippen LogP contribution in [0.2, 0.25) is 0 Å². The summed E-state index contributed by atoms with van der Waals surface area (Å²) in [5.41, 5.74) is 0.696. The molecule has 32 heavy (non-hydrogen) atoms. The van der Waals surface area contributed by atoms with E-state index in [0.717, 1.165) is 16.6 Å². The number of pyridine rings is 1. The zero-order valence-corrected chi connectivity index (χ0v) is 19.3. The summed E-state index contributed by atoms with van der Waals surface area (Å²) in [6, 6.07) is 17.2. The van der Waals surface area contributed by atoms with Gasteiger partial charge in [-0.25, -0.2) is 13.4 Å².